The number of carbonyl (C=O) groups excluding carboxylic acids is 1. The SMILES string of the molecule is C=CC=C[C@@H]1CC(=CCC)C(=O)O1. The van der Waals surface area contributed by atoms with Crippen molar-refractivity contribution in [3.05, 3.63) is 36.5 Å². The molecule has 1 aliphatic rings. The lowest BCUT2D eigenvalue weighted by molar-refractivity contribution is -0.137. The first kappa shape index (κ1) is 9.78. The van der Waals surface area contributed by atoms with Crippen LogP contribution in [0.15, 0.2) is 36.5 Å². The lowest BCUT2D eigenvalue weighted by Gasteiger charge is -1.98. The van der Waals surface area contributed by atoms with Crippen molar-refractivity contribution in [1.29, 1.82) is 0 Å². The third kappa shape index (κ3) is 2.58. The Balaban J connectivity index is 2.60. The molecule has 1 rings (SSSR count). The molecule has 1 atom stereocenters. The monoisotopic (exact) mass is 178 g/mol. The standard InChI is InChI=1S/C11H14O2/c1-3-5-7-10-8-9(6-4-2)11(12)13-10/h3,5-7,10H,1,4,8H2,2H3/t10-/m1/s1. The molecule has 1 aliphatic heterocycles. The molecule has 70 valence electrons. The first-order valence-electron chi connectivity index (χ1n) is 4.47. The van der Waals surface area contributed by atoms with Crippen LogP contribution in [-0.4, -0.2) is 12.1 Å². The zero-order valence-electron chi connectivity index (χ0n) is 7.82. The number of allylic oxidation sites excluding steroid dienone is 3. The average molecular weight is 178 g/mol. The third-order valence-corrected chi connectivity index (χ3v) is 1.85. The summed E-state index contributed by atoms with van der Waals surface area (Å²) in [4.78, 5) is 11.2. The van der Waals surface area contributed by atoms with E-state index in [1.165, 1.54) is 0 Å². The summed E-state index contributed by atoms with van der Waals surface area (Å²) in [5.74, 6) is -0.180. The number of ether oxygens (including phenoxy) is 1. The molecule has 0 bridgehead atoms. The van der Waals surface area contributed by atoms with Gasteiger partial charge in [0.15, 0.2) is 0 Å². The lowest BCUT2D eigenvalue weighted by Crippen LogP contribution is -2.01. The molecule has 0 amide bonds. The number of hydrogen-bond donors (Lipinski definition) is 0. The minimum Gasteiger partial charge on any atom is -0.454 e. The van der Waals surface area contributed by atoms with Crippen LogP contribution in [0.25, 0.3) is 0 Å². The van der Waals surface area contributed by atoms with E-state index in [1.54, 1.807) is 12.2 Å². The number of cyclic esters (lactones) is 1. The van der Waals surface area contributed by atoms with Crippen LogP contribution < -0.4 is 0 Å². The second-order valence-corrected chi connectivity index (χ2v) is 2.91. The quantitative estimate of drug-likeness (QED) is 0.377. The molecule has 0 aromatic rings. The summed E-state index contributed by atoms with van der Waals surface area (Å²) in [6.45, 7) is 5.56. The minimum atomic E-state index is -0.180. The highest BCUT2D eigenvalue weighted by Gasteiger charge is 2.25. The van der Waals surface area contributed by atoms with Gasteiger partial charge in [0, 0.05) is 12.0 Å². The first-order chi connectivity index (χ1) is 6.27. The van der Waals surface area contributed by atoms with Crippen LogP contribution in [0, 0.1) is 0 Å². The van der Waals surface area contributed by atoms with E-state index >= 15 is 0 Å². The highest BCUT2D eigenvalue weighted by Crippen LogP contribution is 2.21. The summed E-state index contributed by atoms with van der Waals surface area (Å²) in [6.07, 6.45) is 8.72. The Labute approximate surface area is 78.6 Å². The minimum absolute atomic E-state index is 0.0942. The topological polar surface area (TPSA) is 26.3 Å². The molecule has 0 aromatic heterocycles. The van der Waals surface area contributed by atoms with Crippen molar-refractivity contribution >= 4 is 5.97 Å². The smallest absolute Gasteiger partial charge is 0.334 e. The average Bonchev–Trinajstić information content (AvgIpc) is 2.45. The Morgan fingerprint density at radius 3 is 3.08 bits per heavy atom. The Morgan fingerprint density at radius 1 is 1.69 bits per heavy atom. The van der Waals surface area contributed by atoms with Crippen LogP contribution >= 0.6 is 0 Å². The lowest BCUT2D eigenvalue weighted by atomic mass is 10.1. The van der Waals surface area contributed by atoms with E-state index in [-0.39, 0.29) is 12.1 Å². The number of carbonyl (C=O) groups is 1. The molecule has 0 spiro atoms. The summed E-state index contributed by atoms with van der Waals surface area (Å²) in [5, 5.41) is 0. The van der Waals surface area contributed by atoms with Crippen molar-refractivity contribution in [2.24, 2.45) is 0 Å². The van der Waals surface area contributed by atoms with Crippen LogP contribution in [0.4, 0.5) is 0 Å². The molecule has 13 heavy (non-hydrogen) atoms. The van der Waals surface area contributed by atoms with Gasteiger partial charge in [0.2, 0.25) is 0 Å². The van der Waals surface area contributed by atoms with E-state index in [0.29, 0.717) is 6.42 Å². The van der Waals surface area contributed by atoms with Gasteiger partial charge in [0.25, 0.3) is 0 Å². The van der Waals surface area contributed by atoms with E-state index in [1.807, 2.05) is 19.1 Å². The van der Waals surface area contributed by atoms with Crippen molar-refractivity contribution in [3.63, 3.8) is 0 Å². The van der Waals surface area contributed by atoms with Crippen molar-refractivity contribution in [2.75, 3.05) is 0 Å². The zero-order valence-corrected chi connectivity index (χ0v) is 7.82. The van der Waals surface area contributed by atoms with Gasteiger partial charge in [-0.15, -0.1) is 0 Å². The Kier molecular flexibility index (Phi) is 3.50. The Morgan fingerprint density at radius 2 is 2.46 bits per heavy atom. The van der Waals surface area contributed by atoms with E-state index in [2.05, 4.69) is 6.58 Å². The summed E-state index contributed by atoms with van der Waals surface area (Å²) >= 11 is 0. The molecule has 0 saturated carbocycles. The first-order valence-corrected chi connectivity index (χ1v) is 4.47. The molecule has 0 aromatic carbocycles. The van der Waals surface area contributed by atoms with Gasteiger partial charge in [-0.3, -0.25) is 0 Å². The molecule has 2 nitrogen and oxygen atoms in total. The fourth-order valence-electron chi connectivity index (χ4n) is 1.28. The molecular formula is C11H14O2. The second-order valence-electron chi connectivity index (χ2n) is 2.91. The molecule has 0 aliphatic carbocycles. The van der Waals surface area contributed by atoms with E-state index in [0.717, 1.165) is 12.0 Å². The normalized spacial score (nSPS) is 25.5. The fourth-order valence-corrected chi connectivity index (χ4v) is 1.28. The predicted molar refractivity (Wildman–Crippen MR) is 52.2 cm³/mol. The zero-order chi connectivity index (χ0) is 9.68. The van der Waals surface area contributed by atoms with Crippen LogP contribution in [0.2, 0.25) is 0 Å². The van der Waals surface area contributed by atoms with Gasteiger partial charge in [0.05, 0.1) is 0 Å². The highest BCUT2D eigenvalue weighted by atomic mass is 16.5. The van der Waals surface area contributed by atoms with Crippen LogP contribution in [0.3, 0.4) is 0 Å². The molecule has 1 fully saturated rings. The summed E-state index contributed by atoms with van der Waals surface area (Å²) < 4.78 is 5.09. The van der Waals surface area contributed by atoms with E-state index in [9.17, 15) is 4.79 Å². The van der Waals surface area contributed by atoms with Gasteiger partial charge in [-0.05, 0) is 12.5 Å². The summed E-state index contributed by atoms with van der Waals surface area (Å²) in [5.41, 5.74) is 0.793. The molecule has 0 N–H and O–H groups in total. The maximum absolute atomic E-state index is 11.2. The molecule has 1 heterocycles. The Bertz CT molecular complexity index is 261. The predicted octanol–water partition coefficient (Wildman–Crippen LogP) is 2.38. The van der Waals surface area contributed by atoms with Gasteiger partial charge in [-0.25, -0.2) is 4.79 Å². The van der Waals surface area contributed by atoms with Crippen LogP contribution in [-0.2, 0) is 9.53 Å². The van der Waals surface area contributed by atoms with E-state index in [4.69, 9.17) is 4.74 Å². The van der Waals surface area contributed by atoms with E-state index < -0.39 is 0 Å². The Hall–Kier alpha value is -1.31. The molecule has 0 unspecified atom stereocenters. The number of hydrogen-bond acceptors (Lipinski definition) is 2. The maximum atomic E-state index is 11.2. The number of rotatable bonds is 3. The van der Waals surface area contributed by atoms with Gasteiger partial charge in [0.1, 0.15) is 6.10 Å². The van der Waals surface area contributed by atoms with Gasteiger partial charge in [-0.1, -0.05) is 31.7 Å². The highest BCUT2D eigenvalue weighted by molar-refractivity contribution is 5.90. The fraction of sp³-hybridized carbons (Fsp3) is 0.364. The largest absolute Gasteiger partial charge is 0.454 e. The van der Waals surface area contributed by atoms with Crippen molar-refractivity contribution in [3.8, 4) is 0 Å². The summed E-state index contributed by atoms with van der Waals surface area (Å²) in [7, 11) is 0. The maximum Gasteiger partial charge on any atom is 0.334 e. The number of esters is 1. The van der Waals surface area contributed by atoms with Crippen molar-refractivity contribution in [2.45, 2.75) is 25.9 Å². The second kappa shape index (κ2) is 4.65. The van der Waals surface area contributed by atoms with Gasteiger partial charge < -0.3 is 4.74 Å². The molecule has 0 radical (unpaired) electrons. The van der Waals surface area contributed by atoms with Gasteiger partial charge >= 0.3 is 5.97 Å². The third-order valence-electron chi connectivity index (χ3n) is 1.85. The molecule has 2 heteroatoms. The van der Waals surface area contributed by atoms with Crippen molar-refractivity contribution in [1.82, 2.24) is 0 Å². The van der Waals surface area contributed by atoms with Crippen LogP contribution in [0.5, 0.6) is 0 Å². The van der Waals surface area contributed by atoms with Gasteiger partial charge in [-0.2, -0.15) is 0 Å². The summed E-state index contributed by atoms with van der Waals surface area (Å²) in [6, 6.07) is 0. The van der Waals surface area contributed by atoms with Crippen LogP contribution in [0.1, 0.15) is 19.8 Å². The molecule has 1 saturated heterocycles. The van der Waals surface area contributed by atoms with Crippen molar-refractivity contribution < 1.29 is 9.53 Å². The molecular weight excluding hydrogens is 164 g/mol.